The highest BCUT2D eigenvalue weighted by molar-refractivity contribution is 5.28. The van der Waals surface area contributed by atoms with Crippen LogP contribution in [0.3, 0.4) is 0 Å². The molecule has 102 valence electrons. The minimum atomic E-state index is 0.263. The highest BCUT2D eigenvalue weighted by Crippen LogP contribution is 2.28. The molecule has 18 heavy (non-hydrogen) atoms. The number of fused-ring (bicyclic) bond motifs is 1. The van der Waals surface area contributed by atoms with Gasteiger partial charge in [0.2, 0.25) is 0 Å². The van der Waals surface area contributed by atoms with Crippen molar-refractivity contribution in [2.75, 3.05) is 6.61 Å². The smallest absolute Gasteiger partial charge is 0.0518 e. The van der Waals surface area contributed by atoms with Gasteiger partial charge in [0, 0.05) is 31.1 Å². The Bertz CT molecular complexity index is 371. The van der Waals surface area contributed by atoms with Crippen molar-refractivity contribution in [1.82, 2.24) is 4.57 Å². The van der Waals surface area contributed by atoms with Crippen molar-refractivity contribution in [3.8, 4) is 0 Å². The molecule has 0 spiro atoms. The molecule has 0 saturated heterocycles. The van der Waals surface area contributed by atoms with Crippen LogP contribution < -0.4 is 5.73 Å². The summed E-state index contributed by atoms with van der Waals surface area (Å²) in [4.78, 5) is 0. The molecule has 3 nitrogen and oxygen atoms in total. The molecule has 2 rings (SSSR count). The van der Waals surface area contributed by atoms with E-state index in [9.17, 15) is 0 Å². The largest absolute Gasteiger partial charge is 0.379 e. The number of unbranched alkanes of at least 4 members (excludes halogenated alkanes) is 1. The standard InChI is InChI=1S/C15H26N2O/c1-12(2)18-11-4-3-9-17-10-8-13-14(16)6-5-7-15(13)17/h8,10,12,14H,3-7,9,11,16H2,1-2H3. The average molecular weight is 250 g/mol. The lowest BCUT2D eigenvalue weighted by atomic mass is 9.94. The molecule has 0 aromatic carbocycles. The molecule has 2 N–H and O–H groups in total. The molecule has 0 bridgehead atoms. The molecule has 3 heteroatoms. The molecule has 1 unspecified atom stereocenters. The van der Waals surface area contributed by atoms with Crippen molar-refractivity contribution in [2.24, 2.45) is 5.73 Å². The van der Waals surface area contributed by atoms with Gasteiger partial charge in [-0.15, -0.1) is 0 Å². The highest BCUT2D eigenvalue weighted by Gasteiger charge is 2.19. The van der Waals surface area contributed by atoms with E-state index in [0.29, 0.717) is 6.10 Å². The zero-order valence-corrected chi connectivity index (χ0v) is 11.7. The van der Waals surface area contributed by atoms with Gasteiger partial charge in [0.1, 0.15) is 0 Å². The molecule has 0 saturated carbocycles. The minimum absolute atomic E-state index is 0.263. The van der Waals surface area contributed by atoms with Crippen molar-refractivity contribution >= 4 is 0 Å². The van der Waals surface area contributed by atoms with Gasteiger partial charge in [0.15, 0.2) is 0 Å². The van der Waals surface area contributed by atoms with Gasteiger partial charge in [-0.2, -0.15) is 0 Å². The number of aromatic nitrogens is 1. The Hall–Kier alpha value is -0.800. The van der Waals surface area contributed by atoms with Gasteiger partial charge in [-0.3, -0.25) is 0 Å². The van der Waals surface area contributed by atoms with Crippen molar-refractivity contribution in [2.45, 2.75) is 64.6 Å². The second-order valence-electron chi connectivity index (χ2n) is 5.54. The summed E-state index contributed by atoms with van der Waals surface area (Å²) >= 11 is 0. The van der Waals surface area contributed by atoms with E-state index in [1.807, 2.05) is 0 Å². The quantitative estimate of drug-likeness (QED) is 0.788. The van der Waals surface area contributed by atoms with Gasteiger partial charge in [0.05, 0.1) is 6.10 Å². The van der Waals surface area contributed by atoms with Crippen LogP contribution in [0, 0.1) is 0 Å². The number of rotatable bonds is 6. The molecular weight excluding hydrogens is 224 g/mol. The van der Waals surface area contributed by atoms with Gasteiger partial charge in [-0.05, 0) is 57.6 Å². The summed E-state index contributed by atoms with van der Waals surface area (Å²) < 4.78 is 7.95. The van der Waals surface area contributed by atoms with Crippen LogP contribution in [-0.4, -0.2) is 17.3 Å². The number of aryl methyl sites for hydroxylation is 1. The molecule has 0 radical (unpaired) electrons. The van der Waals surface area contributed by atoms with Gasteiger partial charge >= 0.3 is 0 Å². The second-order valence-corrected chi connectivity index (χ2v) is 5.54. The van der Waals surface area contributed by atoms with Crippen molar-refractivity contribution < 1.29 is 4.74 Å². The minimum Gasteiger partial charge on any atom is -0.379 e. The fourth-order valence-electron chi connectivity index (χ4n) is 2.71. The SMILES string of the molecule is CC(C)OCCCCn1ccc2c1CCCC2N. The van der Waals surface area contributed by atoms with Gasteiger partial charge < -0.3 is 15.0 Å². The first-order valence-corrected chi connectivity index (χ1v) is 7.23. The van der Waals surface area contributed by atoms with Crippen LogP contribution in [0.15, 0.2) is 12.3 Å². The van der Waals surface area contributed by atoms with Crippen molar-refractivity contribution in [3.63, 3.8) is 0 Å². The maximum Gasteiger partial charge on any atom is 0.0518 e. The van der Waals surface area contributed by atoms with E-state index in [2.05, 4.69) is 30.7 Å². The lowest BCUT2D eigenvalue weighted by molar-refractivity contribution is 0.0754. The van der Waals surface area contributed by atoms with Crippen molar-refractivity contribution in [3.05, 3.63) is 23.5 Å². The summed E-state index contributed by atoms with van der Waals surface area (Å²) in [6, 6.07) is 2.48. The maximum atomic E-state index is 6.14. The maximum absolute atomic E-state index is 6.14. The van der Waals surface area contributed by atoms with Crippen LogP contribution in [0.1, 0.15) is 56.8 Å². The van der Waals surface area contributed by atoms with Gasteiger partial charge in [0.25, 0.3) is 0 Å². The zero-order valence-electron chi connectivity index (χ0n) is 11.7. The molecule has 1 heterocycles. The van der Waals surface area contributed by atoms with E-state index in [1.165, 1.54) is 30.5 Å². The van der Waals surface area contributed by atoms with E-state index in [0.717, 1.165) is 26.0 Å². The van der Waals surface area contributed by atoms with Crippen LogP contribution >= 0.6 is 0 Å². The molecule has 0 aliphatic heterocycles. The lowest BCUT2D eigenvalue weighted by Crippen LogP contribution is -2.18. The predicted molar refractivity (Wildman–Crippen MR) is 74.6 cm³/mol. The Balaban J connectivity index is 1.80. The number of hydrogen-bond acceptors (Lipinski definition) is 2. The number of nitrogens with two attached hydrogens (primary N) is 1. The van der Waals surface area contributed by atoms with Crippen molar-refractivity contribution in [1.29, 1.82) is 0 Å². The first kappa shape index (κ1) is 13.6. The fraction of sp³-hybridized carbons (Fsp3) is 0.733. The third kappa shape index (κ3) is 3.36. The Morgan fingerprint density at radius 2 is 2.28 bits per heavy atom. The predicted octanol–water partition coefficient (Wildman–Crippen LogP) is 3.03. The van der Waals surface area contributed by atoms with Crippen LogP contribution in [0.4, 0.5) is 0 Å². The van der Waals surface area contributed by atoms with E-state index >= 15 is 0 Å². The Labute approximate surface area is 110 Å². The summed E-state index contributed by atoms with van der Waals surface area (Å²) in [5.41, 5.74) is 8.98. The molecule has 0 amide bonds. The molecular formula is C15H26N2O. The fourth-order valence-corrected chi connectivity index (χ4v) is 2.71. The Morgan fingerprint density at radius 3 is 3.06 bits per heavy atom. The molecule has 0 fully saturated rings. The van der Waals surface area contributed by atoms with E-state index in [1.54, 1.807) is 0 Å². The lowest BCUT2D eigenvalue weighted by Gasteiger charge is -2.21. The topological polar surface area (TPSA) is 40.2 Å². The number of ether oxygens (including phenoxy) is 1. The first-order valence-electron chi connectivity index (χ1n) is 7.23. The van der Waals surface area contributed by atoms with E-state index in [4.69, 9.17) is 10.5 Å². The van der Waals surface area contributed by atoms with Crippen LogP contribution in [0.2, 0.25) is 0 Å². The number of hydrogen-bond donors (Lipinski definition) is 1. The Morgan fingerprint density at radius 1 is 1.44 bits per heavy atom. The molecule has 1 aliphatic carbocycles. The molecule has 1 aliphatic rings. The molecule has 1 aromatic rings. The summed E-state index contributed by atoms with van der Waals surface area (Å²) in [6.07, 6.45) is 8.44. The molecule has 1 aromatic heterocycles. The number of nitrogens with zero attached hydrogens (tertiary/aromatic N) is 1. The van der Waals surface area contributed by atoms with Crippen LogP contribution in [-0.2, 0) is 17.7 Å². The zero-order chi connectivity index (χ0) is 13.0. The molecule has 1 atom stereocenters. The normalized spacial score (nSPS) is 19.2. The third-order valence-electron chi connectivity index (χ3n) is 3.69. The Kier molecular flexibility index (Phi) is 4.84. The third-order valence-corrected chi connectivity index (χ3v) is 3.69. The van der Waals surface area contributed by atoms with E-state index < -0.39 is 0 Å². The monoisotopic (exact) mass is 250 g/mol. The summed E-state index contributed by atoms with van der Waals surface area (Å²) in [5, 5.41) is 0. The summed E-state index contributed by atoms with van der Waals surface area (Å²) in [6.45, 7) is 6.15. The van der Waals surface area contributed by atoms with Crippen LogP contribution in [0.5, 0.6) is 0 Å². The van der Waals surface area contributed by atoms with Gasteiger partial charge in [-0.25, -0.2) is 0 Å². The highest BCUT2D eigenvalue weighted by atomic mass is 16.5. The van der Waals surface area contributed by atoms with Crippen LogP contribution in [0.25, 0.3) is 0 Å². The first-order chi connectivity index (χ1) is 8.68. The van der Waals surface area contributed by atoms with E-state index in [-0.39, 0.29) is 6.04 Å². The summed E-state index contributed by atoms with van der Waals surface area (Å²) in [7, 11) is 0. The van der Waals surface area contributed by atoms with Gasteiger partial charge in [-0.1, -0.05) is 0 Å². The second kappa shape index (κ2) is 6.39. The average Bonchev–Trinajstić information content (AvgIpc) is 2.73. The summed E-state index contributed by atoms with van der Waals surface area (Å²) in [5.74, 6) is 0.